The van der Waals surface area contributed by atoms with E-state index in [2.05, 4.69) is 20.9 Å². The summed E-state index contributed by atoms with van der Waals surface area (Å²) in [6.07, 6.45) is 4.16. The van der Waals surface area contributed by atoms with Gasteiger partial charge in [-0.15, -0.1) is 0 Å². The standard InChI is InChI=1S/C17H18Cl3N3O/c1-22-6-2-4-15(22)16-5-3-7-23(16)10-17(24)21-14-9-12(19)11(18)8-13(14)20/h2,4,6,8-9,16H,3,5,7,10H2,1H3,(H,21,24)/t16-/m0/s1. The SMILES string of the molecule is Cn1cccc1[C@@H]1CCCN1CC(=O)Nc1cc(Cl)c(Cl)cc1Cl. The number of nitrogens with zero attached hydrogens (tertiary/aromatic N) is 2. The molecule has 1 fully saturated rings. The van der Waals surface area contributed by atoms with Crippen molar-refractivity contribution in [2.75, 3.05) is 18.4 Å². The van der Waals surface area contributed by atoms with Gasteiger partial charge in [0, 0.05) is 18.9 Å². The molecule has 128 valence electrons. The van der Waals surface area contributed by atoms with E-state index in [1.807, 2.05) is 19.3 Å². The molecule has 0 spiro atoms. The Kier molecular flexibility index (Phi) is 5.40. The molecule has 0 aliphatic carbocycles. The van der Waals surface area contributed by atoms with Gasteiger partial charge in [-0.2, -0.15) is 0 Å². The predicted molar refractivity (Wildman–Crippen MR) is 99.1 cm³/mol. The highest BCUT2D eigenvalue weighted by Gasteiger charge is 2.29. The largest absolute Gasteiger partial charge is 0.353 e. The Morgan fingerprint density at radius 2 is 2.00 bits per heavy atom. The molecule has 1 amide bonds. The summed E-state index contributed by atoms with van der Waals surface area (Å²) in [5.41, 5.74) is 1.71. The first-order valence-corrected chi connectivity index (χ1v) is 8.89. The van der Waals surface area contributed by atoms with Crippen LogP contribution in [-0.2, 0) is 11.8 Å². The number of anilines is 1. The topological polar surface area (TPSA) is 37.3 Å². The van der Waals surface area contributed by atoms with E-state index in [0.717, 1.165) is 19.4 Å². The first kappa shape index (κ1) is 17.6. The van der Waals surface area contributed by atoms with Crippen LogP contribution in [0.4, 0.5) is 5.69 Å². The van der Waals surface area contributed by atoms with E-state index in [9.17, 15) is 4.79 Å². The highest BCUT2D eigenvalue weighted by Crippen LogP contribution is 2.33. The molecular formula is C17H18Cl3N3O. The third-order valence-electron chi connectivity index (χ3n) is 4.32. The number of rotatable bonds is 4. The quantitative estimate of drug-likeness (QED) is 0.769. The molecule has 1 aromatic carbocycles. The van der Waals surface area contributed by atoms with Gasteiger partial charge in [-0.3, -0.25) is 9.69 Å². The van der Waals surface area contributed by atoms with Crippen LogP contribution in [0, 0.1) is 0 Å². The van der Waals surface area contributed by atoms with Gasteiger partial charge in [-0.05, 0) is 43.7 Å². The fourth-order valence-electron chi connectivity index (χ4n) is 3.16. The summed E-state index contributed by atoms with van der Waals surface area (Å²) in [6, 6.07) is 7.50. The molecule has 0 unspecified atom stereocenters. The second-order valence-electron chi connectivity index (χ2n) is 5.97. The van der Waals surface area contributed by atoms with Crippen LogP contribution in [0.15, 0.2) is 30.5 Å². The van der Waals surface area contributed by atoms with Gasteiger partial charge in [0.15, 0.2) is 0 Å². The van der Waals surface area contributed by atoms with Crippen LogP contribution in [0.1, 0.15) is 24.6 Å². The molecule has 7 heteroatoms. The summed E-state index contributed by atoms with van der Waals surface area (Å²) in [4.78, 5) is 14.6. The van der Waals surface area contributed by atoms with Gasteiger partial charge in [0.05, 0.1) is 33.3 Å². The number of hydrogen-bond acceptors (Lipinski definition) is 2. The average molecular weight is 387 g/mol. The lowest BCUT2D eigenvalue weighted by molar-refractivity contribution is -0.117. The first-order chi connectivity index (χ1) is 11.5. The molecular weight excluding hydrogens is 369 g/mol. The summed E-state index contributed by atoms with van der Waals surface area (Å²) in [7, 11) is 2.03. The van der Waals surface area contributed by atoms with Crippen LogP contribution in [0.2, 0.25) is 15.1 Å². The molecule has 1 saturated heterocycles. The first-order valence-electron chi connectivity index (χ1n) is 7.75. The number of likely N-dealkylation sites (tertiary alicyclic amines) is 1. The van der Waals surface area contributed by atoms with Crippen molar-refractivity contribution in [2.24, 2.45) is 7.05 Å². The number of carbonyl (C=O) groups is 1. The lowest BCUT2D eigenvalue weighted by Crippen LogP contribution is -2.33. The molecule has 0 bridgehead atoms. The minimum Gasteiger partial charge on any atom is -0.353 e. The summed E-state index contributed by atoms with van der Waals surface area (Å²) in [5.74, 6) is -0.114. The molecule has 2 heterocycles. The number of benzene rings is 1. The minimum absolute atomic E-state index is 0.114. The molecule has 2 aromatic rings. The highest BCUT2D eigenvalue weighted by molar-refractivity contribution is 6.44. The minimum atomic E-state index is -0.114. The fraction of sp³-hybridized carbons (Fsp3) is 0.353. The maximum atomic E-state index is 12.4. The van der Waals surface area contributed by atoms with E-state index in [4.69, 9.17) is 34.8 Å². The zero-order chi connectivity index (χ0) is 17.3. The van der Waals surface area contributed by atoms with Gasteiger partial charge in [-0.25, -0.2) is 0 Å². The third kappa shape index (κ3) is 3.72. The normalized spacial score (nSPS) is 18.1. The zero-order valence-corrected chi connectivity index (χ0v) is 15.5. The van der Waals surface area contributed by atoms with Crippen LogP contribution < -0.4 is 5.32 Å². The maximum absolute atomic E-state index is 12.4. The van der Waals surface area contributed by atoms with Crippen LogP contribution in [-0.4, -0.2) is 28.5 Å². The highest BCUT2D eigenvalue weighted by atomic mass is 35.5. The molecule has 1 aliphatic heterocycles. The Balaban J connectivity index is 1.68. The van der Waals surface area contributed by atoms with E-state index in [-0.39, 0.29) is 11.9 Å². The Morgan fingerprint density at radius 3 is 2.71 bits per heavy atom. The lowest BCUT2D eigenvalue weighted by Gasteiger charge is -2.24. The Hall–Kier alpha value is -1.20. The van der Waals surface area contributed by atoms with E-state index in [1.54, 1.807) is 6.07 Å². The van der Waals surface area contributed by atoms with E-state index >= 15 is 0 Å². The van der Waals surface area contributed by atoms with Crippen LogP contribution in [0.3, 0.4) is 0 Å². The predicted octanol–water partition coefficient (Wildman–Crippen LogP) is 4.76. The molecule has 0 saturated carbocycles. The maximum Gasteiger partial charge on any atom is 0.238 e. The second kappa shape index (κ2) is 7.36. The van der Waals surface area contributed by atoms with Crippen LogP contribution in [0.25, 0.3) is 0 Å². The summed E-state index contributed by atoms with van der Waals surface area (Å²) in [5, 5.41) is 3.92. The fourth-order valence-corrected chi connectivity index (χ4v) is 3.76. The van der Waals surface area contributed by atoms with E-state index in [1.165, 1.54) is 11.8 Å². The molecule has 4 nitrogen and oxygen atoms in total. The smallest absolute Gasteiger partial charge is 0.238 e. The number of halogens is 3. The number of hydrogen-bond donors (Lipinski definition) is 1. The molecule has 1 atom stereocenters. The van der Waals surface area contributed by atoms with Crippen molar-refractivity contribution >= 4 is 46.4 Å². The Labute approximate surface area is 156 Å². The molecule has 1 N–H and O–H groups in total. The monoisotopic (exact) mass is 385 g/mol. The molecule has 3 rings (SSSR count). The van der Waals surface area contributed by atoms with Crippen molar-refractivity contribution in [3.63, 3.8) is 0 Å². The van der Waals surface area contributed by atoms with Gasteiger partial charge in [0.2, 0.25) is 5.91 Å². The lowest BCUT2D eigenvalue weighted by atomic mass is 10.1. The van der Waals surface area contributed by atoms with Crippen LogP contribution in [0.5, 0.6) is 0 Å². The second-order valence-corrected chi connectivity index (χ2v) is 7.19. The molecule has 1 aromatic heterocycles. The van der Waals surface area contributed by atoms with Gasteiger partial charge < -0.3 is 9.88 Å². The van der Waals surface area contributed by atoms with Gasteiger partial charge in [0.1, 0.15) is 0 Å². The van der Waals surface area contributed by atoms with E-state index < -0.39 is 0 Å². The van der Waals surface area contributed by atoms with Crippen molar-refractivity contribution in [1.29, 1.82) is 0 Å². The van der Waals surface area contributed by atoms with Crippen molar-refractivity contribution < 1.29 is 4.79 Å². The van der Waals surface area contributed by atoms with Crippen molar-refractivity contribution in [3.8, 4) is 0 Å². The van der Waals surface area contributed by atoms with Gasteiger partial charge in [0.25, 0.3) is 0 Å². The number of amides is 1. The summed E-state index contributed by atoms with van der Waals surface area (Å²) in [6.45, 7) is 1.21. The van der Waals surface area contributed by atoms with Crippen molar-refractivity contribution in [3.05, 3.63) is 51.2 Å². The number of aromatic nitrogens is 1. The number of aryl methyl sites for hydroxylation is 1. The van der Waals surface area contributed by atoms with E-state index in [0.29, 0.717) is 27.3 Å². The van der Waals surface area contributed by atoms with Crippen molar-refractivity contribution in [2.45, 2.75) is 18.9 Å². The zero-order valence-electron chi connectivity index (χ0n) is 13.2. The van der Waals surface area contributed by atoms with Gasteiger partial charge >= 0.3 is 0 Å². The molecule has 1 aliphatic rings. The molecule has 24 heavy (non-hydrogen) atoms. The summed E-state index contributed by atoms with van der Waals surface area (Å²) < 4.78 is 2.11. The number of carbonyl (C=O) groups excluding carboxylic acids is 1. The number of nitrogens with one attached hydrogen (secondary N) is 1. The Morgan fingerprint density at radius 1 is 1.25 bits per heavy atom. The summed E-state index contributed by atoms with van der Waals surface area (Å²) >= 11 is 18.0. The third-order valence-corrected chi connectivity index (χ3v) is 5.35. The molecule has 0 radical (unpaired) electrons. The van der Waals surface area contributed by atoms with Crippen LogP contribution >= 0.6 is 34.8 Å². The average Bonchev–Trinajstić information content (AvgIpc) is 3.13. The Bertz CT molecular complexity index is 760. The van der Waals surface area contributed by atoms with Gasteiger partial charge in [-0.1, -0.05) is 34.8 Å². The van der Waals surface area contributed by atoms with Crippen molar-refractivity contribution in [1.82, 2.24) is 9.47 Å².